The molecule has 0 aliphatic carbocycles. The molecular formula is C15H24N2O. The summed E-state index contributed by atoms with van der Waals surface area (Å²) in [4.78, 5) is 2.40. The lowest BCUT2D eigenvalue weighted by atomic mass is 10.0. The topological polar surface area (TPSA) is 24.5 Å². The molecular weight excluding hydrogens is 224 g/mol. The first kappa shape index (κ1) is 13.4. The highest BCUT2D eigenvalue weighted by atomic mass is 16.5. The van der Waals surface area contributed by atoms with E-state index in [1.165, 1.54) is 24.9 Å². The zero-order valence-electron chi connectivity index (χ0n) is 11.6. The average molecular weight is 248 g/mol. The fourth-order valence-corrected chi connectivity index (χ4v) is 2.77. The van der Waals surface area contributed by atoms with Crippen LogP contribution in [0.25, 0.3) is 0 Å². The molecule has 3 heteroatoms. The summed E-state index contributed by atoms with van der Waals surface area (Å²) in [6.07, 6.45) is 2.55. The van der Waals surface area contributed by atoms with Gasteiger partial charge in [0.05, 0.1) is 7.11 Å². The van der Waals surface area contributed by atoms with Crippen molar-refractivity contribution >= 4 is 0 Å². The summed E-state index contributed by atoms with van der Waals surface area (Å²) < 4.78 is 5.43. The molecule has 1 saturated heterocycles. The van der Waals surface area contributed by atoms with E-state index in [0.717, 1.165) is 12.3 Å². The molecule has 18 heavy (non-hydrogen) atoms. The summed E-state index contributed by atoms with van der Waals surface area (Å²) in [5.74, 6) is 0.974. The molecule has 0 bridgehead atoms. The molecule has 1 aromatic rings. The highest BCUT2D eigenvalue weighted by Gasteiger charge is 2.20. The Hall–Kier alpha value is -1.06. The predicted molar refractivity (Wildman–Crippen MR) is 75.1 cm³/mol. The van der Waals surface area contributed by atoms with Gasteiger partial charge in [0.15, 0.2) is 0 Å². The van der Waals surface area contributed by atoms with Gasteiger partial charge in [0.2, 0.25) is 0 Å². The first-order valence-electron chi connectivity index (χ1n) is 6.78. The molecule has 1 fully saturated rings. The van der Waals surface area contributed by atoms with Gasteiger partial charge < -0.3 is 15.0 Å². The van der Waals surface area contributed by atoms with Crippen LogP contribution < -0.4 is 10.1 Å². The van der Waals surface area contributed by atoms with Gasteiger partial charge in [-0.3, -0.25) is 0 Å². The van der Waals surface area contributed by atoms with Crippen LogP contribution in [0.5, 0.6) is 5.75 Å². The lowest BCUT2D eigenvalue weighted by Crippen LogP contribution is -2.44. The van der Waals surface area contributed by atoms with Crippen molar-refractivity contribution in [2.75, 3.05) is 27.2 Å². The monoisotopic (exact) mass is 248 g/mol. The van der Waals surface area contributed by atoms with Gasteiger partial charge >= 0.3 is 0 Å². The summed E-state index contributed by atoms with van der Waals surface area (Å²) in [7, 11) is 3.93. The van der Waals surface area contributed by atoms with E-state index in [1.807, 2.05) is 12.1 Å². The van der Waals surface area contributed by atoms with Crippen LogP contribution in [0.2, 0.25) is 0 Å². The molecule has 100 valence electrons. The molecule has 0 spiro atoms. The Labute approximate surface area is 110 Å². The van der Waals surface area contributed by atoms with Crippen molar-refractivity contribution < 1.29 is 4.74 Å². The van der Waals surface area contributed by atoms with E-state index in [9.17, 15) is 0 Å². The Balaban J connectivity index is 2.00. The Morgan fingerprint density at radius 2 is 2.17 bits per heavy atom. The van der Waals surface area contributed by atoms with Crippen molar-refractivity contribution in [1.82, 2.24) is 10.2 Å². The Kier molecular flexibility index (Phi) is 4.61. The van der Waals surface area contributed by atoms with Gasteiger partial charge in [0.25, 0.3) is 0 Å². The molecule has 0 saturated carbocycles. The maximum absolute atomic E-state index is 5.43. The molecule has 0 amide bonds. The van der Waals surface area contributed by atoms with Crippen LogP contribution in [0.15, 0.2) is 24.3 Å². The van der Waals surface area contributed by atoms with Crippen LogP contribution in [0, 0.1) is 0 Å². The van der Waals surface area contributed by atoms with E-state index in [4.69, 9.17) is 4.74 Å². The number of nitrogens with zero attached hydrogens (tertiary/aromatic N) is 1. The molecule has 1 heterocycles. The molecule has 1 aromatic carbocycles. The second kappa shape index (κ2) is 6.21. The van der Waals surface area contributed by atoms with Crippen LogP contribution in [-0.2, 0) is 0 Å². The molecule has 2 atom stereocenters. The molecule has 1 N–H and O–H groups in total. The first-order valence-corrected chi connectivity index (χ1v) is 6.78. The van der Waals surface area contributed by atoms with E-state index >= 15 is 0 Å². The molecule has 1 aliphatic rings. The molecule has 2 rings (SSSR count). The fourth-order valence-electron chi connectivity index (χ4n) is 2.77. The summed E-state index contributed by atoms with van der Waals surface area (Å²) in [5.41, 5.74) is 1.24. The lowest BCUT2D eigenvalue weighted by molar-refractivity contribution is 0.218. The first-order chi connectivity index (χ1) is 8.70. The standard InChI is InChI=1S/C15H24N2O/c1-12(14-8-4-5-9-15(14)18-3)16-13-7-6-10-17(2)11-13/h4-5,8-9,12-13,16H,6-7,10-11H2,1-3H3. The summed E-state index contributed by atoms with van der Waals surface area (Å²) >= 11 is 0. The largest absolute Gasteiger partial charge is 0.496 e. The molecule has 1 aliphatic heterocycles. The third-order valence-electron chi connectivity index (χ3n) is 3.72. The third-order valence-corrected chi connectivity index (χ3v) is 3.72. The quantitative estimate of drug-likeness (QED) is 0.885. The van der Waals surface area contributed by atoms with Gasteiger partial charge in [-0.25, -0.2) is 0 Å². The van der Waals surface area contributed by atoms with Crippen LogP contribution in [0.1, 0.15) is 31.4 Å². The van der Waals surface area contributed by atoms with Crippen LogP contribution >= 0.6 is 0 Å². The lowest BCUT2D eigenvalue weighted by Gasteiger charge is -2.32. The second-order valence-corrected chi connectivity index (χ2v) is 5.23. The summed E-state index contributed by atoms with van der Waals surface area (Å²) in [6, 6.07) is 9.18. The highest BCUT2D eigenvalue weighted by molar-refractivity contribution is 5.35. The van der Waals surface area contributed by atoms with E-state index in [-0.39, 0.29) is 0 Å². The maximum Gasteiger partial charge on any atom is 0.123 e. The number of hydrogen-bond donors (Lipinski definition) is 1. The number of benzene rings is 1. The summed E-state index contributed by atoms with van der Waals surface area (Å²) in [5, 5.41) is 3.72. The average Bonchev–Trinajstić information content (AvgIpc) is 2.38. The van der Waals surface area contributed by atoms with Gasteiger partial charge in [-0.1, -0.05) is 18.2 Å². The van der Waals surface area contributed by atoms with Gasteiger partial charge in [0, 0.05) is 24.2 Å². The minimum absolute atomic E-state index is 0.331. The van der Waals surface area contributed by atoms with Crippen molar-refractivity contribution in [3.8, 4) is 5.75 Å². The molecule has 0 aromatic heterocycles. The zero-order chi connectivity index (χ0) is 13.0. The number of likely N-dealkylation sites (N-methyl/N-ethyl adjacent to an activating group) is 1. The summed E-state index contributed by atoms with van der Waals surface area (Å²) in [6.45, 7) is 4.58. The van der Waals surface area contributed by atoms with E-state index < -0.39 is 0 Å². The number of rotatable bonds is 4. The number of hydrogen-bond acceptors (Lipinski definition) is 3. The number of nitrogens with one attached hydrogen (secondary N) is 1. The third kappa shape index (κ3) is 3.24. The van der Waals surface area contributed by atoms with Crippen LogP contribution in [-0.4, -0.2) is 38.2 Å². The van der Waals surface area contributed by atoms with Crippen molar-refractivity contribution in [2.45, 2.75) is 31.8 Å². The van der Waals surface area contributed by atoms with E-state index in [2.05, 4.69) is 36.3 Å². The SMILES string of the molecule is COc1ccccc1C(C)NC1CCCN(C)C1. The predicted octanol–water partition coefficient (Wildman–Crippen LogP) is 2.44. The Morgan fingerprint density at radius 1 is 1.39 bits per heavy atom. The zero-order valence-corrected chi connectivity index (χ0v) is 11.6. The number of likely N-dealkylation sites (tertiary alicyclic amines) is 1. The maximum atomic E-state index is 5.43. The molecule has 2 unspecified atom stereocenters. The molecule has 3 nitrogen and oxygen atoms in total. The minimum atomic E-state index is 0.331. The van der Waals surface area contributed by atoms with Gasteiger partial charge in [-0.2, -0.15) is 0 Å². The van der Waals surface area contributed by atoms with Crippen LogP contribution in [0.3, 0.4) is 0 Å². The van der Waals surface area contributed by atoms with Crippen molar-refractivity contribution in [3.63, 3.8) is 0 Å². The Bertz CT molecular complexity index is 381. The van der Waals surface area contributed by atoms with Crippen molar-refractivity contribution in [2.24, 2.45) is 0 Å². The number of methoxy groups -OCH3 is 1. The number of piperidine rings is 1. The smallest absolute Gasteiger partial charge is 0.123 e. The van der Waals surface area contributed by atoms with Crippen molar-refractivity contribution in [1.29, 1.82) is 0 Å². The van der Waals surface area contributed by atoms with Gasteiger partial charge in [0.1, 0.15) is 5.75 Å². The minimum Gasteiger partial charge on any atom is -0.496 e. The van der Waals surface area contributed by atoms with Gasteiger partial charge in [-0.15, -0.1) is 0 Å². The Morgan fingerprint density at radius 3 is 2.89 bits per heavy atom. The second-order valence-electron chi connectivity index (χ2n) is 5.23. The fraction of sp³-hybridized carbons (Fsp3) is 0.600. The van der Waals surface area contributed by atoms with E-state index in [0.29, 0.717) is 12.1 Å². The molecule has 0 radical (unpaired) electrons. The van der Waals surface area contributed by atoms with Crippen LogP contribution in [0.4, 0.5) is 0 Å². The van der Waals surface area contributed by atoms with Crippen molar-refractivity contribution in [3.05, 3.63) is 29.8 Å². The number of para-hydroxylation sites is 1. The van der Waals surface area contributed by atoms with E-state index in [1.54, 1.807) is 7.11 Å². The van der Waals surface area contributed by atoms with Gasteiger partial charge in [-0.05, 0) is 39.4 Å². The normalized spacial score (nSPS) is 22.7. The highest BCUT2D eigenvalue weighted by Crippen LogP contribution is 2.25. The number of ether oxygens (including phenoxy) is 1.